The number of nitrogens with one attached hydrogen (secondary N) is 1. The highest BCUT2D eigenvalue weighted by molar-refractivity contribution is 5.77. The first kappa shape index (κ1) is 20.1. The molecule has 0 bridgehead atoms. The highest BCUT2D eigenvalue weighted by Crippen LogP contribution is 2.25. The number of nitriles is 1. The Morgan fingerprint density at radius 1 is 1.17 bits per heavy atom. The predicted octanol–water partition coefficient (Wildman–Crippen LogP) is 2.76. The summed E-state index contributed by atoms with van der Waals surface area (Å²) in [6.07, 6.45) is 0.202. The van der Waals surface area contributed by atoms with Gasteiger partial charge in [-0.2, -0.15) is 5.26 Å². The molecule has 0 spiro atoms. The molecule has 0 aromatic heterocycles. The second-order valence-corrected chi connectivity index (χ2v) is 6.62. The van der Waals surface area contributed by atoms with Crippen LogP contribution in [0.3, 0.4) is 0 Å². The first-order chi connectivity index (χ1) is 14.0. The standard InChI is InChI=1S/C20H20FN5O3/c21-16-2-4-17(5-3-16)24-9-11-25(12-10-24)20(27)7-8-23-18-6-1-15(14-22)13-19(18)26(28)29/h1-6,13,23H,7-12H2. The van der Waals surface area contributed by atoms with Crippen molar-refractivity contribution in [3.8, 4) is 6.07 Å². The monoisotopic (exact) mass is 397 g/mol. The summed E-state index contributed by atoms with van der Waals surface area (Å²) in [6, 6.07) is 12.3. The maximum absolute atomic E-state index is 13.0. The van der Waals surface area contributed by atoms with Gasteiger partial charge >= 0.3 is 0 Å². The van der Waals surface area contributed by atoms with E-state index in [1.807, 2.05) is 6.07 Å². The van der Waals surface area contributed by atoms with Crippen LogP contribution < -0.4 is 10.2 Å². The number of halogens is 1. The summed E-state index contributed by atoms with van der Waals surface area (Å²) in [5, 5.41) is 22.9. The van der Waals surface area contributed by atoms with Gasteiger partial charge in [-0.15, -0.1) is 0 Å². The Bertz CT molecular complexity index is 934. The topological polar surface area (TPSA) is 103 Å². The van der Waals surface area contributed by atoms with Gasteiger partial charge in [0.25, 0.3) is 5.69 Å². The van der Waals surface area contributed by atoms with Crippen LogP contribution >= 0.6 is 0 Å². The van der Waals surface area contributed by atoms with Crippen molar-refractivity contribution in [1.29, 1.82) is 5.26 Å². The van der Waals surface area contributed by atoms with E-state index in [0.717, 1.165) is 5.69 Å². The molecule has 3 rings (SSSR count). The number of carbonyl (C=O) groups excluding carboxylic acids is 1. The van der Waals surface area contributed by atoms with Crippen LogP contribution in [0.15, 0.2) is 42.5 Å². The number of piperazine rings is 1. The normalized spacial score (nSPS) is 13.7. The smallest absolute Gasteiger partial charge is 0.293 e. The average Bonchev–Trinajstić information content (AvgIpc) is 2.74. The van der Waals surface area contributed by atoms with Crippen molar-refractivity contribution in [3.63, 3.8) is 0 Å². The third kappa shape index (κ3) is 4.99. The minimum absolute atomic E-state index is 0.0347. The summed E-state index contributed by atoms with van der Waals surface area (Å²) in [7, 11) is 0. The van der Waals surface area contributed by atoms with Gasteiger partial charge in [0.1, 0.15) is 11.5 Å². The molecule has 1 saturated heterocycles. The molecule has 0 aliphatic carbocycles. The SMILES string of the molecule is N#Cc1ccc(NCCC(=O)N2CCN(c3ccc(F)cc3)CC2)c([N+](=O)[O-])c1. The van der Waals surface area contributed by atoms with Crippen LogP contribution in [-0.4, -0.2) is 48.5 Å². The van der Waals surface area contributed by atoms with Crippen molar-refractivity contribution in [2.24, 2.45) is 0 Å². The summed E-state index contributed by atoms with van der Waals surface area (Å²) in [5.41, 5.74) is 1.22. The molecule has 1 aliphatic rings. The Hall–Kier alpha value is -3.67. The van der Waals surface area contributed by atoms with Crippen LogP contribution in [0.1, 0.15) is 12.0 Å². The molecule has 1 N–H and O–H groups in total. The summed E-state index contributed by atoms with van der Waals surface area (Å²) < 4.78 is 13.0. The second-order valence-electron chi connectivity index (χ2n) is 6.62. The maximum Gasteiger partial charge on any atom is 0.293 e. The summed E-state index contributed by atoms with van der Waals surface area (Å²) in [5.74, 6) is -0.315. The fourth-order valence-electron chi connectivity index (χ4n) is 3.23. The van der Waals surface area contributed by atoms with Crippen LogP contribution in [0.4, 0.5) is 21.5 Å². The largest absolute Gasteiger partial charge is 0.379 e. The molecule has 9 heteroatoms. The van der Waals surface area contributed by atoms with Crippen molar-refractivity contribution in [2.45, 2.75) is 6.42 Å². The molecule has 0 unspecified atom stereocenters. The van der Waals surface area contributed by atoms with E-state index in [0.29, 0.717) is 26.2 Å². The van der Waals surface area contributed by atoms with E-state index in [1.165, 1.54) is 30.3 Å². The number of hydrogen-bond acceptors (Lipinski definition) is 6. The third-order valence-electron chi connectivity index (χ3n) is 4.80. The number of carbonyl (C=O) groups is 1. The number of rotatable bonds is 6. The number of hydrogen-bond donors (Lipinski definition) is 1. The molecule has 1 heterocycles. The lowest BCUT2D eigenvalue weighted by Crippen LogP contribution is -2.49. The molecular formula is C20H20FN5O3. The zero-order valence-electron chi connectivity index (χ0n) is 15.7. The first-order valence-corrected chi connectivity index (χ1v) is 9.18. The molecule has 0 radical (unpaired) electrons. The summed E-state index contributed by atoms with van der Waals surface area (Å²) in [4.78, 5) is 26.9. The summed E-state index contributed by atoms with van der Waals surface area (Å²) in [6.45, 7) is 2.70. The number of nitrogens with zero attached hydrogens (tertiary/aromatic N) is 4. The van der Waals surface area contributed by atoms with Crippen molar-refractivity contribution < 1.29 is 14.1 Å². The first-order valence-electron chi connectivity index (χ1n) is 9.18. The van der Waals surface area contributed by atoms with Gasteiger partial charge in [0.05, 0.1) is 16.6 Å². The second kappa shape index (κ2) is 9.01. The third-order valence-corrected chi connectivity index (χ3v) is 4.80. The van der Waals surface area contributed by atoms with Crippen LogP contribution in [0.5, 0.6) is 0 Å². The van der Waals surface area contributed by atoms with Gasteiger partial charge in [-0.1, -0.05) is 0 Å². The van der Waals surface area contributed by atoms with Gasteiger partial charge in [-0.25, -0.2) is 4.39 Å². The highest BCUT2D eigenvalue weighted by Gasteiger charge is 2.21. The lowest BCUT2D eigenvalue weighted by Gasteiger charge is -2.36. The van der Waals surface area contributed by atoms with E-state index >= 15 is 0 Å². The fourth-order valence-corrected chi connectivity index (χ4v) is 3.23. The molecule has 150 valence electrons. The molecular weight excluding hydrogens is 377 g/mol. The Labute approximate surface area is 167 Å². The average molecular weight is 397 g/mol. The molecule has 1 amide bonds. The van der Waals surface area contributed by atoms with Gasteiger partial charge in [-0.05, 0) is 36.4 Å². The van der Waals surface area contributed by atoms with Gasteiger partial charge in [0.15, 0.2) is 0 Å². The lowest BCUT2D eigenvalue weighted by atomic mass is 10.2. The number of anilines is 2. The van der Waals surface area contributed by atoms with E-state index in [9.17, 15) is 19.3 Å². The molecule has 0 atom stereocenters. The molecule has 1 fully saturated rings. The minimum atomic E-state index is -0.556. The maximum atomic E-state index is 13.0. The Balaban J connectivity index is 1.49. The Kier molecular flexibility index (Phi) is 6.24. The van der Waals surface area contributed by atoms with E-state index in [1.54, 1.807) is 17.0 Å². The van der Waals surface area contributed by atoms with Crippen molar-refractivity contribution in [3.05, 3.63) is 64.0 Å². The zero-order chi connectivity index (χ0) is 20.8. The Morgan fingerprint density at radius 2 is 1.86 bits per heavy atom. The van der Waals surface area contributed by atoms with Crippen molar-refractivity contribution >= 4 is 23.0 Å². The van der Waals surface area contributed by atoms with Gasteiger partial charge in [0, 0.05) is 50.9 Å². The molecule has 2 aromatic rings. The van der Waals surface area contributed by atoms with Crippen molar-refractivity contribution in [2.75, 3.05) is 42.9 Å². The van der Waals surface area contributed by atoms with E-state index in [-0.39, 0.29) is 41.6 Å². The lowest BCUT2D eigenvalue weighted by molar-refractivity contribution is -0.384. The molecule has 8 nitrogen and oxygen atoms in total. The molecule has 1 aliphatic heterocycles. The van der Waals surface area contributed by atoms with Gasteiger partial charge in [0.2, 0.25) is 5.91 Å². The fraction of sp³-hybridized carbons (Fsp3) is 0.300. The zero-order valence-corrected chi connectivity index (χ0v) is 15.7. The molecule has 0 saturated carbocycles. The van der Waals surface area contributed by atoms with Crippen LogP contribution in [0, 0.1) is 27.3 Å². The molecule has 2 aromatic carbocycles. The Morgan fingerprint density at radius 3 is 2.48 bits per heavy atom. The summed E-state index contributed by atoms with van der Waals surface area (Å²) >= 11 is 0. The quantitative estimate of drug-likeness (QED) is 0.594. The van der Waals surface area contributed by atoms with E-state index < -0.39 is 4.92 Å². The highest BCUT2D eigenvalue weighted by atomic mass is 19.1. The number of nitro groups is 1. The van der Waals surface area contributed by atoms with Gasteiger partial charge in [-0.3, -0.25) is 14.9 Å². The molecule has 29 heavy (non-hydrogen) atoms. The van der Waals surface area contributed by atoms with E-state index in [2.05, 4.69) is 10.2 Å². The van der Waals surface area contributed by atoms with Crippen LogP contribution in [0.25, 0.3) is 0 Å². The number of benzene rings is 2. The van der Waals surface area contributed by atoms with Gasteiger partial charge < -0.3 is 15.1 Å². The minimum Gasteiger partial charge on any atom is -0.379 e. The number of amides is 1. The predicted molar refractivity (Wildman–Crippen MR) is 106 cm³/mol. The number of nitro benzene ring substituents is 1. The van der Waals surface area contributed by atoms with Crippen LogP contribution in [-0.2, 0) is 4.79 Å². The van der Waals surface area contributed by atoms with E-state index in [4.69, 9.17) is 5.26 Å². The van der Waals surface area contributed by atoms with Crippen molar-refractivity contribution in [1.82, 2.24) is 4.90 Å². The van der Waals surface area contributed by atoms with Crippen LogP contribution in [0.2, 0.25) is 0 Å².